The molecule has 3 fully saturated rings. The smallest absolute Gasteiger partial charge is 0.352 e. The zero-order valence-electron chi connectivity index (χ0n) is 20.0. The number of hydrogen-bond acceptors (Lipinski definition) is 2. The first-order chi connectivity index (χ1) is 16.7. The lowest BCUT2D eigenvalue weighted by atomic mass is 9.82. The molecule has 2 aromatic carbocycles. The van der Waals surface area contributed by atoms with Crippen LogP contribution in [0.15, 0.2) is 48.5 Å². The second-order valence-electron chi connectivity index (χ2n) is 10.6. The quantitative estimate of drug-likeness (QED) is 0.513. The molecule has 1 heterocycles. The maximum absolute atomic E-state index is 13.2. The van der Waals surface area contributed by atoms with Gasteiger partial charge in [0.2, 0.25) is 5.91 Å². The Bertz CT molecular complexity index is 1060. The zero-order chi connectivity index (χ0) is 24.8. The highest BCUT2D eigenvalue weighted by Crippen LogP contribution is 2.66. The molecule has 1 saturated heterocycles. The number of piperidine rings is 1. The van der Waals surface area contributed by atoms with E-state index in [1.54, 1.807) is 6.07 Å². The molecular formula is C28H32F4N2O. The summed E-state index contributed by atoms with van der Waals surface area (Å²) in [6.07, 6.45) is 0.533. The number of halogens is 4. The van der Waals surface area contributed by atoms with Crippen LogP contribution in [-0.4, -0.2) is 29.9 Å². The molecule has 2 aliphatic carbocycles. The van der Waals surface area contributed by atoms with E-state index in [9.17, 15) is 22.4 Å². The SMILES string of the molecule is CC1C2CC(N3CCC(c4ccc(F)cc4)CC3)CCC12C(=O)NCc1cccc(C(F)(F)F)c1. The fraction of sp³-hybridized carbons (Fsp3) is 0.536. The molecule has 3 nitrogen and oxygen atoms in total. The van der Waals surface area contributed by atoms with Gasteiger partial charge < -0.3 is 10.2 Å². The summed E-state index contributed by atoms with van der Waals surface area (Å²) in [5.74, 6) is 0.884. The number of nitrogens with one attached hydrogen (secondary N) is 1. The number of benzene rings is 2. The van der Waals surface area contributed by atoms with Gasteiger partial charge in [-0.3, -0.25) is 4.79 Å². The van der Waals surface area contributed by atoms with Gasteiger partial charge >= 0.3 is 6.18 Å². The number of fused-ring (bicyclic) bond motifs is 1. The Labute approximate surface area is 203 Å². The third kappa shape index (κ3) is 4.72. The Kier molecular flexibility index (Phi) is 6.41. The molecular weight excluding hydrogens is 456 g/mol. The first-order valence-corrected chi connectivity index (χ1v) is 12.6. The van der Waals surface area contributed by atoms with Crippen LogP contribution in [0.1, 0.15) is 61.6 Å². The summed E-state index contributed by atoms with van der Waals surface area (Å²) in [5.41, 5.74) is 0.614. The maximum atomic E-state index is 13.2. The normalized spacial score (nSPS) is 29.5. The standard InChI is InChI=1S/C28H32F4N2O/c1-18-25-16-24(34-13-10-21(11-14-34)20-5-7-23(29)8-6-20)9-12-27(18,25)26(35)33-17-19-3-2-4-22(15-19)28(30,31)32/h2-8,15,18,21,24-25H,9-14,16-17H2,1H3,(H,33,35). The lowest BCUT2D eigenvalue weighted by Crippen LogP contribution is -2.45. The molecule has 0 spiro atoms. The third-order valence-electron chi connectivity index (χ3n) is 8.90. The summed E-state index contributed by atoms with van der Waals surface area (Å²) in [7, 11) is 0. The predicted octanol–water partition coefficient (Wildman–Crippen LogP) is 6.15. The highest BCUT2D eigenvalue weighted by molar-refractivity contribution is 5.86. The number of nitrogens with zero attached hydrogens (tertiary/aromatic N) is 1. The summed E-state index contributed by atoms with van der Waals surface area (Å²) in [6, 6.07) is 12.5. The molecule has 3 aliphatic rings. The summed E-state index contributed by atoms with van der Waals surface area (Å²) >= 11 is 0. The molecule has 1 aliphatic heterocycles. The number of carbonyl (C=O) groups is 1. The Morgan fingerprint density at radius 2 is 1.80 bits per heavy atom. The van der Waals surface area contributed by atoms with Crippen molar-refractivity contribution in [3.05, 3.63) is 71.0 Å². The second-order valence-corrected chi connectivity index (χ2v) is 10.6. The molecule has 35 heavy (non-hydrogen) atoms. The molecule has 5 rings (SSSR count). The van der Waals surface area contributed by atoms with Gasteiger partial charge in [-0.25, -0.2) is 4.39 Å². The van der Waals surface area contributed by atoms with E-state index in [4.69, 9.17) is 0 Å². The molecule has 2 saturated carbocycles. The number of rotatable bonds is 5. The highest BCUT2D eigenvalue weighted by atomic mass is 19.4. The fourth-order valence-electron chi connectivity index (χ4n) is 6.73. The Balaban J connectivity index is 1.14. The second kappa shape index (κ2) is 9.23. The van der Waals surface area contributed by atoms with Gasteiger partial charge in [0, 0.05) is 12.6 Å². The van der Waals surface area contributed by atoms with E-state index in [2.05, 4.69) is 17.1 Å². The van der Waals surface area contributed by atoms with Crippen LogP contribution in [0.4, 0.5) is 17.6 Å². The molecule has 4 atom stereocenters. The predicted molar refractivity (Wildman–Crippen MR) is 126 cm³/mol. The van der Waals surface area contributed by atoms with Crippen LogP contribution in [-0.2, 0) is 17.5 Å². The average molecular weight is 489 g/mol. The molecule has 0 radical (unpaired) electrons. The van der Waals surface area contributed by atoms with Gasteiger partial charge in [-0.05, 0) is 98.3 Å². The third-order valence-corrected chi connectivity index (χ3v) is 8.90. The summed E-state index contributed by atoms with van der Waals surface area (Å²) in [5, 5.41) is 2.94. The molecule has 188 valence electrons. The Morgan fingerprint density at radius 3 is 2.46 bits per heavy atom. The van der Waals surface area contributed by atoms with Crippen molar-refractivity contribution in [2.75, 3.05) is 13.1 Å². The van der Waals surface area contributed by atoms with Crippen LogP contribution in [0.25, 0.3) is 0 Å². The number of likely N-dealkylation sites (tertiary alicyclic amines) is 1. The van der Waals surface area contributed by atoms with Gasteiger partial charge in [-0.2, -0.15) is 13.2 Å². The Hall–Kier alpha value is -2.41. The van der Waals surface area contributed by atoms with Crippen LogP contribution in [0.5, 0.6) is 0 Å². The van der Waals surface area contributed by atoms with E-state index < -0.39 is 11.7 Å². The van der Waals surface area contributed by atoms with Gasteiger partial charge in [0.25, 0.3) is 0 Å². The van der Waals surface area contributed by atoms with Crippen molar-refractivity contribution in [2.24, 2.45) is 17.3 Å². The van der Waals surface area contributed by atoms with Crippen LogP contribution in [0, 0.1) is 23.1 Å². The van der Waals surface area contributed by atoms with Gasteiger partial charge in [0.1, 0.15) is 5.82 Å². The largest absolute Gasteiger partial charge is 0.416 e. The van der Waals surface area contributed by atoms with E-state index in [-0.39, 0.29) is 23.7 Å². The van der Waals surface area contributed by atoms with E-state index >= 15 is 0 Å². The van der Waals surface area contributed by atoms with Gasteiger partial charge in [-0.15, -0.1) is 0 Å². The lowest BCUT2D eigenvalue weighted by Gasteiger charge is -2.40. The number of alkyl halides is 3. The first kappa shape index (κ1) is 24.3. The first-order valence-electron chi connectivity index (χ1n) is 12.6. The van der Waals surface area contributed by atoms with E-state index in [1.165, 1.54) is 23.8 Å². The van der Waals surface area contributed by atoms with Crippen molar-refractivity contribution in [1.82, 2.24) is 10.2 Å². The van der Waals surface area contributed by atoms with Crippen molar-refractivity contribution in [3.8, 4) is 0 Å². The van der Waals surface area contributed by atoms with Crippen molar-refractivity contribution in [2.45, 2.75) is 63.7 Å². The van der Waals surface area contributed by atoms with E-state index in [1.807, 2.05) is 12.1 Å². The Morgan fingerprint density at radius 1 is 1.09 bits per heavy atom. The average Bonchev–Trinajstić information content (AvgIpc) is 3.47. The monoisotopic (exact) mass is 488 g/mol. The van der Waals surface area contributed by atoms with Crippen molar-refractivity contribution >= 4 is 5.91 Å². The van der Waals surface area contributed by atoms with E-state index in [0.29, 0.717) is 29.4 Å². The molecule has 7 heteroatoms. The molecule has 0 bridgehead atoms. The topological polar surface area (TPSA) is 32.3 Å². The minimum atomic E-state index is -4.39. The van der Waals surface area contributed by atoms with Crippen LogP contribution >= 0.6 is 0 Å². The highest BCUT2D eigenvalue weighted by Gasteiger charge is 2.68. The number of amides is 1. The molecule has 2 aromatic rings. The fourth-order valence-corrected chi connectivity index (χ4v) is 6.73. The minimum absolute atomic E-state index is 0.0131. The van der Waals surface area contributed by atoms with Crippen molar-refractivity contribution in [1.29, 1.82) is 0 Å². The lowest BCUT2D eigenvalue weighted by molar-refractivity contribution is -0.137. The van der Waals surface area contributed by atoms with Gasteiger partial charge in [0.05, 0.1) is 11.0 Å². The molecule has 0 aromatic heterocycles. The molecule has 1 amide bonds. The zero-order valence-corrected chi connectivity index (χ0v) is 20.0. The van der Waals surface area contributed by atoms with Crippen LogP contribution in [0.2, 0.25) is 0 Å². The summed E-state index contributed by atoms with van der Waals surface area (Å²) < 4.78 is 52.2. The van der Waals surface area contributed by atoms with E-state index in [0.717, 1.165) is 57.3 Å². The molecule has 4 unspecified atom stereocenters. The number of hydrogen-bond donors (Lipinski definition) is 1. The summed E-state index contributed by atoms with van der Waals surface area (Å²) in [4.78, 5) is 15.7. The van der Waals surface area contributed by atoms with Crippen LogP contribution in [0.3, 0.4) is 0 Å². The molecule has 1 N–H and O–H groups in total. The van der Waals surface area contributed by atoms with Crippen molar-refractivity contribution < 1.29 is 22.4 Å². The van der Waals surface area contributed by atoms with Gasteiger partial charge in [0.15, 0.2) is 0 Å². The van der Waals surface area contributed by atoms with Crippen LogP contribution < -0.4 is 5.32 Å². The minimum Gasteiger partial charge on any atom is -0.352 e. The van der Waals surface area contributed by atoms with Gasteiger partial charge in [-0.1, -0.05) is 31.2 Å². The maximum Gasteiger partial charge on any atom is 0.416 e. The summed E-state index contributed by atoms with van der Waals surface area (Å²) in [6.45, 7) is 4.28. The van der Waals surface area contributed by atoms with Crippen molar-refractivity contribution in [3.63, 3.8) is 0 Å². The number of carbonyl (C=O) groups excluding carboxylic acids is 1.